The van der Waals surface area contributed by atoms with Gasteiger partial charge in [-0.3, -0.25) is 9.59 Å². The predicted octanol–water partition coefficient (Wildman–Crippen LogP) is 9.28. The number of thiazole rings is 1. The maximum absolute atomic E-state index is 14.5. The molecule has 62 heavy (non-hydrogen) atoms. The average Bonchev–Trinajstić information content (AvgIpc) is 3.75. The van der Waals surface area contributed by atoms with Gasteiger partial charge in [-0.05, 0) is 33.9 Å². The van der Waals surface area contributed by atoms with Gasteiger partial charge in [0.05, 0.1) is 5.56 Å². The summed E-state index contributed by atoms with van der Waals surface area (Å²) in [4.78, 5) is 62.6. The lowest BCUT2D eigenvalue weighted by molar-refractivity contribution is -0.162. The first kappa shape index (κ1) is 42.2. The van der Waals surface area contributed by atoms with Crippen molar-refractivity contribution >= 4 is 46.1 Å². The summed E-state index contributed by atoms with van der Waals surface area (Å²) in [5, 5.41) is 20.1. The molecule has 1 aromatic heterocycles. The first-order valence-corrected chi connectivity index (χ1v) is 20.2. The Morgan fingerprint density at radius 2 is 1.13 bits per heavy atom. The van der Waals surface area contributed by atoms with Crippen molar-refractivity contribution in [3.8, 4) is 11.5 Å². The minimum absolute atomic E-state index is 0.0828. The van der Waals surface area contributed by atoms with Crippen molar-refractivity contribution in [2.24, 2.45) is 5.16 Å². The van der Waals surface area contributed by atoms with Gasteiger partial charge in [0.2, 0.25) is 5.71 Å². The molecule has 0 saturated heterocycles. The van der Waals surface area contributed by atoms with Crippen LogP contribution < -0.4 is 14.8 Å². The molecular weight excluding hydrogens is 807 g/mol. The van der Waals surface area contributed by atoms with Gasteiger partial charge in [-0.15, -0.1) is 11.3 Å². The van der Waals surface area contributed by atoms with Crippen LogP contribution in [0.25, 0.3) is 0 Å². The summed E-state index contributed by atoms with van der Waals surface area (Å²) in [5.41, 5.74) is 2.09. The predicted molar refractivity (Wildman–Crippen MR) is 233 cm³/mol. The van der Waals surface area contributed by atoms with E-state index in [-0.39, 0.29) is 22.8 Å². The van der Waals surface area contributed by atoms with Crippen LogP contribution in [0.2, 0.25) is 0 Å². The molecule has 6 aromatic carbocycles. The van der Waals surface area contributed by atoms with E-state index in [1.165, 1.54) is 23.6 Å². The van der Waals surface area contributed by atoms with Crippen LogP contribution in [0.5, 0.6) is 11.5 Å². The maximum atomic E-state index is 14.5. The molecule has 0 unspecified atom stereocenters. The van der Waals surface area contributed by atoms with E-state index in [2.05, 4.69) is 10.5 Å². The number of hydrogen-bond donors (Lipinski definition) is 2. The lowest BCUT2D eigenvalue weighted by Crippen LogP contribution is -2.38. The molecule has 13 heteroatoms. The van der Waals surface area contributed by atoms with Crippen molar-refractivity contribution in [1.82, 2.24) is 4.98 Å². The summed E-state index contributed by atoms with van der Waals surface area (Å²) in [6, 6.07) is 51.5. The molecule has 0 fully saturated rings. The Kier molecular flexibility index (Phi) is 13.2. The van der Waals surface area contributed by atoms with Crippen molar-refractivity contribution in [2.45, 2.75) is 31.6 Å². The molecule has 1 heterocycles. The molecule has 0 saturated carbocycles. The number of benzene rings is 6. The Bertz CT molecular complexity index is 2540. The van der Waals surface area contributed by atoms with Crippen LogP contribution >= 0.6 is 11.3 Å². The third-order valence-corrected chi connectivity index (χ3v) is 10.3. The number of carbonyl (C=O) groups is 4. The molecule has 0 spiro atoms. The fourth-order valence-electron chi connectivity index (χ4n) is 6.90. The number of aliphatic carboxylic acids is 1. The number of oxime groups is 1. The zero-order chi connectivity index (χ0) is 43.5. The van der Waals surface area contributed by atoms with E-state index >= 15 is 0 Å². The highest BCUT2D eigenvalue weighted by Crippen LogP contribution is 2.42. The normalized spacial score (nSPS) is 11.9. The molecule has 0 aliphatic heterocycles. The van der Waals surface area contributed by atoms with E-state index < -0.39 is 47.3 Å². The van der Waals surface area contributed by atoms with Gasteiger partial charge in [-0.25, -0.2) is 14.6 Å². The Labute approximate surface area is 361 Å². The molecule has 0 amide bonds. The van der Waals surface area contributed by atoms with Crippen LogP contribution in [0.1, 0.15) is 65.1 Å². The zero-order valence-corrected chi connectivity index (χ0v) is 34.2. The Morgan fingerprint density at radius 1 is 0.645 bits per heavy atom. The van der Waals surface area contributed by atoms with Crippen molar-refractivity contribution in [3.05, 3.63) is 214 Å². The summed E-state index contributed by atoms with van der Waals surface area (Å²) in [5.74, 6) is -4.64. The summed E-state index contributed by atoms with van der Waals surface area (Å²) < 4.78 is 17.0. The number of nitrogens with one attached hydrogen (secondary N) is 1. The van der Waals surface area contributed by atoms with Crippen LogP contribution in [-0.4, -0.2) is 39.7 Å². The van der Waals surface area contributed by atoms with Gasteiger partial charge >= 0.3 is 23.9 Å². The molecule has 310 valence electrons. The highest BCUT2D eigenvalue weighted by Gasteiger charge is 2.38. The highest BCUT2D eigenvalue weighted by molar-refractivity contribution is 7.14. The van der Waals surface area contributed by atoms with E-state index in [9.17, 15) is 24.3 Å². The molecule has 7 rings (SSSR count). The van der Waals surface area contributed by atoms with Crippen LogP contribution in [0, 0.1) is 0 Å². The van der Waals surface area contributed by atoms with E-state index in [4.69, 9.17) is 24.0 Å². The summed E-state index contributed by atoms with van der Waals surface area (Å²) >= 11 is 1.14. The number of nitrogens with zero attached hydrogens (tertiary/aromatic N) is 2. The second-order valence-electron chi connectivity index (χ2n) is 13.7. The van der Waals surface area contributed by atoms with Crippen molar-refractivity contribution in [3.63, 3.8) is 0 Å². The van der Waals surface area contributed by atoms with Gasteiger partial charge in [0.25, 0.3) is 6.10 Å². The number of anilines is 1. The van der Waals surface area contributed by atoms with E-state index in [0.29, 0.717) is 16.3 Å². The standard InChI is InChI=1S/C49H39N3O9S/c1-32(53)58-41-30-18-29-39(44(41)59-33(2)54)45(47(57)60-43(34-19-8-3-9-20-34)35-21-10-4-11-22-35)61-52-42(46(55)56)40-31-62-48(50-40)51-49(36-23-12-5-13-24-36,37-25-14-6-15-26-37)38-27-16-7-17-28-38/h3-31,43,45H,1-2H3,(H,50,51)(H,55,56)/b52-42-/t45-/m1/s1. The summed E-state index contributed by atoms with van der Waals surface area (Å²) in [6.07, 6.45) is -2.83. The first-order valence-electron chi connectivity index (χ1n) is 19.3. The SMILES string of the molecule is CC(=O)Oc1cccc([C@@H](O/N=C(\C(=O)O)c2csc(NC(c3ccccc3)(c3ccccc3)c3ccccc3)n2)C(=O)OC(c2ccccc2)c2ccccc2)c1OC(C)=O. The lowest BCUT2D eigenvalue weighted by Gasteiger charge is -2.36. The van der Waals surface area contributed by atoms with E-state index in [1.54, 1.807) is 48.5 Å². The van der Waals surface area contributed by atoms with E-state index in [1.807, 2.05) is 103 Å². The van der Waals surface area contributed by atoms with Gasteiger partial charge in [0.1, 0.15) is 11.2 Å². The van der Waals surface area contributed by atoms with Gasteiger partial charge < -0.3 is 29.5 Å². The topological polar surface area (TPSA) is 163 Å². The van der Waals surface area contributed by atoms with Crippen molar-refractivity contribution < 1.29 is 43.3 Å². The van der Waals surface area contributed by atoms with Crippen molar-refractivity contribution in [2.75, 3.05) is 5.32 Å². The monoisotopic (exact) mass is 845 g/mol. The van der Waals surface area contributed by atoms with Crippen LogP contribution in [0.4, 0.5) is 5.13 Å². The average molecular weight is 846 g/mol. The Morgan fingerprint density at radius 3 is 1.60 bits per heavy atom. The summed E-state index contributed by atoms with van der Waals surface area (Å²) in [7, 11) is 0. The van der Waals surface area contributed by atoms with Crippen molar-refractivity contribution in [1.29, 1.82) is 0 Å². The second kappa shape index (κ2) is 19.4. The molecule has 0 bridgehead atoms. The van der Waals surface area contributed by atoms with Crippen LogP contribution in [0.15, 0.2) is 180 Å². The molecule has 0 aliphatic carbocycles. The fraction of sp³-hybridized carbons (Fsp3) is 0.102. The number of rotatable bonds is 16. The number of ether oxygens (including phenoxy) is 3. The van der Waals surface area contributed by atoms with Gasteiger partial charge in [-0.2, -0.15) is 0 Å². The smallest absolute Gasteiger partial charge is 0.360 e. The number of carboxylic acid groups (broad SMARTS) is 1. The zero-order valence-electron chi connectivity index (χ0n) is 33.4. The maximum Gasteiger partial charge on any atom is 0.360 e. The van der Waals surface area contributed by atoms with Gasteiger partial charge in [0.15, 0.2) is 22.7 Å². The molecule has 0 aliphatic rings. The number of aromatic nitrogens is 1. The van der Waals surface area contributed by atoms with E-state index in [0.717, 1.165) is 41.9 Å². The molecule has 0 radical (unpaired) electrons. The lowest BCUT2D eigenvalue weighted by atomic mass is 9.77. The Balaban J connectivity index is 1.31. The number of carbonyl (C=O) groups excluding carboxylic acids is 3. The minimum atomic E-state index is -1.87. The molecule has 2 N–H and O–H groups in total. The highest BCUT2D eigenvalue weighted by atomic mass is 32.1. The number of para-hydroxylation sites is 1. The quantitative estimate of drug-likeness (QED) is 0.0313. The second-order valence-corrected chi connectivity index (χ2v) is 14.6. The number of carboxylic acids is 1. The summed E-state index contributed by atoms with van der Waals surface area (Å²) in [6.45, 7) is 2.28. The van der Waals surface area contributed by atoms with Crippen LogP contribution in [0.3, 0.4) is 0 Å². The third kappa shape index (κ3) is 9.59. The Hall–Kier alpha value is -7.90. The largest absolute Gasteiger partial charge is 0.476 e. The molecular formula is C49H39N3O9S. The van der Waals surface area contributed by atoms with Gasteiger partial charge in [-0.1, -0.05) is 169 Å². The van der Waals surface area contributed by atoms with Crippen LogP contribution in [-0.2, 0) is 34.3 Å². The molecule has 12 nitrogen and oxygen atoms in total. The number of esters is 3. The van der Waals surface area contributed by atoms with Gasteiger partial charge in [0, 0.05) is 19.2 Å². The fourth-order valence-corrected chi connectivity index (χ4v) is 7.65. The minimum Gasteiger partial charge on any atom is -0.476 e. The third-order valence-electron chi connectivity index (χ3n) is 9.56. The molecule has 1 atom stereocenters. The number of hydrogen-bond acceptors (Lipinski definition) is 12. The molecule has 7 aromatic rings. The first-order chi connectivity index (χ1) is 30.1.